The van der Waals surface area contributed by atoms with Crippen molar-refractivity contribution in [2.75, 3.05) is 0 Å². The summed E-state index contributed by atoms with van der Waals surface area (Å²) in [4.78, 5) is 11.9. The van der Waals surface area contributed by atoms with Crippen molar-refractivity contribution in [1.82, 2.24) is 10.6 Å². The Hall–Kier alpha value is -0.770. The molecule has 1 fully saturated rings. The van der Waals surface area contributed by atoms with Crippen LogP contribution in [0.1, 0.15) is 73.1 Å². The lowest BCUT2D eigenvalue weighted by Crippen LogP contribution is -2.54. The normalized spacial score (nSPS) is 23.7. The largest absolute Gasteiger partial charge is 0.444 e. The molecular formula is C16H32N2O2. The smallest absolute Gasteiger partial charge is 0.407 e. The number of carbonyl (C=O) groups excluding carboxylic acids is 1. The quantitative estimate of drug-likeness (QED) is 0.811. The van der Waals surface area contributed by atoms with E-state index in [1.165, 1.54) is 12.8 Å². The Balaban J connectivity index is 2.53. The van der Waals surface area contributed by atoms with Gasteiger partial charge < -0.3 is 15.4 Å². The van der Waals surface area contributed by atoms with Gasteiger partial charge in [0.1, 0.15) is 5.60 Å². The maximum absolute atomic E-state index is 11.9. The average Bonchev–Trinajstić information content (AvgIpc) is 2.35. The van der Waals surface area contributed by atoms with Gasteiger partial charge in [-0.2, -0.15) is 0 Å². The second-order valence-electron chi connectivity index (χ2n) is 6.82. The summed E-state index contributed by atoms with van der Waals surface area (Å²) >= 11 is 0. The third kappa shape index (κ3) is 6.12. The van der Waals surface area contributed by atoms with E-state index in [9.17, 15) is 4.79 Å². The Morgan fingerprint density at radius 3 is 2.20 bits per heavy atom. The zero-order valence-electron chi connectivity index (χ0n) is 13.8. The summed E-state index contributed by atoms with van der Waals surface area (Å²) in [5, 5.41) is 6.76. The second-order valence-corrected chi connectivity index (χ2v) is 6.82. The van der Waals surface area contributed by atoms with Gasteiger partial charge in [-0.15, -0.1) is 0 Å². The number of ether oxygens (including phenoxy) is 1. The number of alkyl carbamates (subject to hydrolysis) is 1. The summed E-state index contributed by atoms with van der Waals surface area (Å²) in [6.07, 6.45) is 6.57. The van der Waals surface area contributed by atoms with E-state index in [2.05, 4.69) is 24.5 Å². The van der Waals surface area contributed by atoms with Gasteiger partial charge in [-0.25, -0.2) is 4.79 Å². The van der Waals surface area contributed by atoms with Crippen LogP contribution in [0, 0.1) is 0 Å². The first kappa shape index (κ1) is 17.3. The summed E-state index contributed by atoms with van der Waals surface area (Å²) in [5.74, 6) is 0. The highest BCUT2D eigenvalue weighted by Crippen LogP contribution is 2.20. The van der Waals surface area contributed by atoms with Crippen LogP contribution in [0.5, 0.6) is 0 Å². The number of hydrogen-bond donors (Lipinski definition) is 2. The van der Waals surface area contributed by atoms with Crippen LogP contribution >= 0.6 is 0 Å². The fraction of sp³-hybridized carbons (Fsp3) is 0.938. The lowest BCUT2D eigenvalue weighted by Gasteiger charge is -2.35. The fourth-order valence-electron chi connectivity index (χ4n) is 2.79. The van der Waals surface area contributed by atoms with Crippen LogP contribution < -0.4 is 10.6 Å². The Labute approximate surface area is 124 Å². The van der Waals surface area contributed by atoms with Gasteiger partial charge >= 0.3 is 6.09 Å². The predicted molar refractivity (Wildman–Crippen MR) is 82.9 cm³/mol. The topological polar surface area (TPSA) is 50.4 Å². The van der Waals surface area contributed by atoms with Gasteiger partial charge in [-0.05, 0) is 46.5 Å². The molecule has 0 saturated heterocycles. The van der Waals surface area contributed by atoms with E-state index in [1.807, 2.05) is 20.8 Å². The predicted octanol–water partition coefficient (Wildman–Crippen LogP) is 3.60. The van der Waals surface area contributed by atoms with Gasteiger partial charge in [0.05, 0.1) is 0 Å². The molecular weight excluding hydrogens is 252 g/mol. The number of hydrogen-bond acceptors (Lipinski definition) is 3. The van der Waals surface area contributed by atoms with E-state index >= 15 is 0 Å². The Morgan fingerprint density at radius 1 is 1.15 bits per heavy atom. The van der Waals surface area contributed by atoms with Crippen LogP contribution in [0.4, 0.5) is 4.79 Å². The third-order valence-corrected chi connectivity index (χ3v) is 3.90. The first-order chi connectivity index (χ1) is 9.35. The Bertz CT molecular complexity index is 295. The van der Waals surface area contributed by atoms with Crippen LogP contribution in [-0.2, 0) is 4.74 Å². The summed E-state index contributed by atoms with van der Waals surface area (Å²) in [5.41, 5.74) is -0.433. The van der Waals surface area contributed by atoms with Gasteiger partial charge in [-0.3, -0.25) is 0 Å². The van der Waals surface area contributed by atoms with E-state index in [0.29, 0.717) is 12.1 Å². The van der Waals surface area contributed by atoms with Gasteiger partial charge in [0, 0.05) is 18.1 Å². The summed E-state index contributed by atoms with van der Waals surface area (Å²) in [7, 11) is 0. The maximum Gasteiger partial charge on any atom is 0.407 e. The van der Waals surface area contributed by atoms with Crippen molar-refractivity contribution in [3.63, 3.8) is 0 Å². The van der Waals surface area contributed by atoms with Crippen molar-refractivity contribution in [2.24, 2.45) is 0 Å². The minimum atomic E-state index is -0.433. The molecule has 0 heterocycles. The Morgan fingerprint density at radius 2 is 1.70 bits per heavy atom. The molecule has 1 aliphatic carbocycles. The molecule has 20 heavy (non-hydrogen) atoms. The highest BCUT2D eigenvalue weighted by atomic mass is 16.6. The van der Waals surface area contributed by atoms with Crippen LogP contribution in [0.15, 0.2) is 0 Å². The maximum atomic E-state index is 11.9. The lowest BCUT2D eigenvalue weighted by atomic mass is 9.89. The van der Waals surface area contributed by atoms with Crippen molar-refractivity contribution in [3.8, 4) is 0 Å². The molecule has 0 unspecified atom stereocenters. The summed E-state index contributed by atoms with van der Waals surface area (Å²) < 4.78 is 5.37. The molecule has 0 aromatic heterocycles. The molecule has 0 aliphatic heterocycles. The number of amides is 1. The van der Waals surface area contributed by atoms with Crippen molar-refractivity contribution >= 4 is 6.09 Å². The van der Waals surface area contributed by atoms with Crippen molar-refractivity contribution in [3.05, 3.63) is 0 Å². The minimum absolute atomic E-state index is 0.194. The zero-order valence-corrected chi connectivity index (χ0v) is 13.8. The molecule has 118 valence electrons. The number of rotatable bonds is 5. The highest BCUT2D eigenvalue weighted by Gasteiger charge is 2.29. The zero-order chi connectivity index (χ0) is 15.2. The van der Waals surface area contributed by atoms with E-state index < -0.39 is 5.60 Å². The van der Waals surface area contributed by atoms with E-state index in [4.69, 9.17) is 4.74 Å². The molecule has 0 spiro atoms. The average molecular weight is 284 g/mol. The fourth-order valence-corrected chi connectivity index (χ4v) is 2.79. The molecule has 1 rings (SSSR count). The number of nitrogens with one attached hydrogen (secondary N) is 2. The molecule has 2 N–H and O–H groups in total. The monoisotopic (exact) mass is 284 g/mol. The van der Waals surface area contributed by atoms with Crippen LogP contribution in [0.3, 0.4) is 0 Å². The Kier molecular flexibility index (Phi) is 6.80. The van der Waals surface area contributed by atoms with E-state index in [-0.39, 0.29) is 12.1 Å². The molecule has 4 heteroatoms. The minimum Gasteiger partial charge on any atom is -0.444 e. The molecule has 0 bridgehead atoms. The highest BCUT2D eigenvalue weighted by molar-refractivity contribution is 5.68. The van der Waals surface area contributed by atoms with Crippen LogP contribution in [0.2, 0.25) is 0 Å². The first-order valence-electron chi connectivity index (χ1n) is 8.11. The SMILES string of the molecule is CCC(CC)N[C@@H]1CCCC[C@H]1NC(=O)OC(C)(C)C. The molecule has 0 aromatic rings. The van der Waals surface area contributed by atoms with Crippen LogP contribution in [0.25, 0.3) is 0 Å². The van der Waals surface area contributed by atoms with Crippen molar-refractivity contribution < 1.29 is 9.53 Å². The van der Waals surface area contributed by atoms with Crippen molar-refractivity contribution in [1.29, 1.82) is 0 Å². The molecule has 0 aromatic carbocycles. The van der Waals surface area contributed by atoms with Gasteiger partial charge in [0.15, 0.2) is 0 Å². The van der Waals surface area contributed by atoms with Gasteiger partial charge in [0.2, 0.25) is 0 Å². The number of carbonyl (C=O) groups is 1. The third-order valence-electron chi connectivity index (χ3n) is 3.90. The molecule has 1 saturated carbocycles. The van der Waals surface area contributed by atoms with Crippen LogP contribution in [-0.4, -0.2) is 29.8 Å². The van der Waals surface area contributed by atoms with E-state index in [0.717, 1.165) is 25.7 Å². The first-order valence-corrected chi connectivity index (χ1v) is 8.11. The lowest BCUT2D eigenvalue weighted by molar-refractivity contribution is 0.0476. The van der Waals surface area contributed by atoms with Gasteiger partial charge in [0.25, 0.3) is 0 Å². The van der Waals surface area contributed by atoms with Gasteiger partial charge in [-0.1, -0.05) is 26.7 Å². The molecule has 2 atom stereocenters. The summed E-state index contributed by atoms with van der Waals surface area (Å²) in [6, 6.07) is 1.11. The molecule has 4 nitrogen and oxygen atoms in total. The second kappa shape index (κ2) is 7.87. The molecule has 0 radical (unpaired) electrons. The standard InChI is InChI=1S/C16H32N2O2/c1-6-12(7-2)17-13-10-8-9-11-14(13)18-15(19)20-16(3,4)5/h12-14,17H,6-11H2,1-5H3,(H,18,19)/t13-,14-/m1/s1. The van der Waals surface area contributed by atoms with E-state index in [1.54, 1.807) is 0 Å². The van der Waals surface area contributed by atoms with Crippen molar-refractivity contribution in [2.45, 2.75) is 96.9 Å². The summed E-state index contributed by atoms with van der Waals surface area (Å²) in [6.45, 7) is 10.1. The molecule has 1 aliphatic rings. The molecule has 1 amide bonds.